The van der Waals surface area contributed by atoms with Crippen molar-refractivity contribution in [2.75, 3.05) is 0 Å². The second-order valence-electron chi connectivity index (χ2n) is 8.09. The predicted octanol–water partition coefficient (Wildman–Crippen LogP) is 8.70. The van der Waals surface area contributed by atoms with Gasteiger partial charge in [0.05, 0.1) is 0 Å². The topological polar surface area (TPSA) is 27.0 Å². The monoisotopic (exact) mass is 613 g/mol. The smallest absolute Gasteiger partial charge is 0.0195 e. The molecule has 0 aliphatic carbocycles. The van der Waals surface area contributed by atoms with Gasteiger partial charge in [0, 0.05) is 31.5 Å². The van der Waals surface area contributed by atoms with E-state index < -0.39 is 0 Å². The molecular formula is C31H33HfN2-3. The minimum atomic E-state index is -0.159. The second kappa shape index (κ2) is 14.0. The minimum Gasteiger partial charge on any atom is -0.673 e. The molecule has 0 saturated carbocycles. The third-order valence-electron chi connectivity index (χ3n) is 5.65. The number of aromatic nitrogens is 1. The summed E-state index contributed by atoms with van der Waals surface area (Å²) in [5.74, 6) is 0. The van der Waals surface area contributed by atoms with Crippen LogP contribution in [0.2, 0.25) is 0 Å². The van der Waals surface area contributed by atoms with Crippen molar-refractivity contribution in [3.05, 3.63) is 132 Å². The molecule has 1 unspecified atom stereocenters. The second-order valence-corrected chi connectivity index (χ2v) is 8.09. The van der Waals surface area contributed by atoms with E-state index in [-0.39, 0.29) is 39.3 Å². The maximum atomic E-state index is 5.40. The van der Waals surface area contributed by atoms with Crippen molar-refractivity contribution in [3.63, 3.8) is 0 Å². The van der Waals surface area contributed by atoms with E-state index in [2.05, 4.69) is 86.6 Å². The first-order valence-corrected chi connectivity index (χ1v) is 11.6. The molecule has 1 aromatic heterocycles. The van der Waals surface area contributed by atoms with E-state index in [1.807, 2.05) is 24.3 Å². The van der Waals surface area contributed by atoms with Crippen LogP contribution in [0.5, 0.6) is 0 Å². The van der Waals surface area contributed by atoms with Gasteiger partial charge in [0.15, 0.2) is 0 Å². The van der Waals surface area contributed by atoms with Crippen LogP contribution in [0, 0.1) is 13.5 Å². The zero-order valence-corrected chi connectivity index (χ0v) is 24.1. The Bertz CT molecular complexity index is 1100. The third-order valence-corrected chi connectivity index (χ3v) is 5.65. The number of aryl methyl sites for hydroxylation is 2. The largest absolute Gasteiger partial charge is 0.673 e. The van der Waals surface area contributed by atoms with E-state index >= 15 is 0 Å². The van der Waals surface area contributed by atoms with Gasteiger partial charge >= 0.3 is 0 Å². The number of pyridine rings is 1. The Labute approximate surface area is 224 Å². The van der Waals surface area contributed by atoms with Gasteiger partial charge in [-0.25, -0.2) is 0 Å². The quantitative estimate of drug-likeness (QED) is 0.137. The molecule has 0 bridgehead atoms. The van der Waals surface area contributed by atoms with Gasteiger partial charge in [-0.05, 0) is 30.6 Å². The minimum absolute atomic E-state index is 0. The molecular weight excluding hydrogens is 579 g/mol. The van der Waals surface area contributed by atoms with Gasteiger partial charge in [-0.15, -0.1) is 41.6 Å². The first-order chi connectivity index (χ1) is 15.8. The van der Waals surface area contributed by atoms with Gasteiger partial charge in [0.25, 0.3) is 0 Å². The van der Waals surface area contributed by atoms with E-state index in [4.69, 9.17) is 10.3 Å². The number of hydrogen-bond donors (Lipinski definition) is 0. The summed E-state index contributed by atoms with van der Waals surface area (Å²) in [4.78, 5) is 5.04. The van der Waals surface area contributed by atoms with E-state index in [1.165, 1.54) is 11.1 Å². The molecule has 34 heavy (non-hydrogen) atoms. The Morgan fingerprint density at radius 3 is 2.03 bits per heavy atom. The Morgan fingerprint density at radius 2 is 1.41 bits per heavy atom. The van der Waals surface area contributed by atoms with Crippen molar-refractivity contribution < 1.29 is 25.8 Å². The SMILES string of the molecule is CCCc1cccc(CCC)c1[N-]C(c1ccccc1)c1cccc(-c2[c-]cccc2)n1.[CH3-].[Hf]. The van der Waals surface area contributed by atoms with Gasteiger partial charge in [-0.1, -0.05) is 104 Å². The average Bonchev–Trinajstić information content (AvgIpc) is 2.85. The van der Waals surface area contributed by atoms with Gasteiger partial charge in [-0.2, -0.15) is 0 Å². The average molecular weight is 612 g/mol. The molecule has 3 aromatic carbocycles. The van der Waals surface area contributed by atoms with Crippen molar-refractivity contribution in [3.8, 4) is 11.3 Å². The first-order valence-electron chi connectivity index (χ1n) is 11.6. The summed E-state index contributed by atoms with van der Waals surface area (Å²) < 4.78 is 0. The van der Waals surface area contributed by atoms with Gasteiger partial charge in [-0.3, -0.25) is 0 Å². The fraction of sp³-hybridized carbons (Fsp3) is 0.226. The predicted molar refractivity (Wildman–Crippen MR) is 141 cm³/mol. The van der Waals surface area contributed by atoms with Crippen LogP contribution in [-0.2, 0) is 38.7 Å². The summed E-state index contributed by atoms with van der Waals surface area (Å²) in [6.45, 7) is 4.46. The molecule has 0 amide bonds. The number of benzene rings is 3. The summed E-state index contributed by atoms with van der Waals surface area (Å²) in [6.07, 6.45) is 4.27. The molecule has 2 nitrogen and oxygen atoms in total. The van der Waals surface area contributed by atoms with Crippen molar-refractivity contribution >= 4 is 5.69 Å². The Kier molecular flexibility index (Phi) is 11.4. The van der Waals surface area contributed by atoms with E-state index in [0.29, 0.717) is 0 Å². The Morgan fingerprint density at radius 1 is 0.765 bits per heavy atom. The van der Waals surface area contributed by atoms with Crippen LogP contribution >= 0.6 is 0 Å². The zero-order valence-electron chi connectivity index (χ0n) is 20.5. The first kappa shape index (κ1) is 27.7. The van der Waals surface area contributed by atoms with Crippen molar-refractivity contribution in [1.82, 2.24) is 4.98 Å². The third kappa shape index (κ3) is 6.76. The van der Waals surface area contributed by atoms with Crippen LogP contribution in [0.1, 0.15) is 55.1 Å². The number of para-hydroxylation sites is 1. The zero-order chi connectivity index (χ0) is 22.2. The summed E-state index contributed by atoms with van der Waals surface area (Å²) in [6, 6.07) is 34.5. The number of rotatable bonds is 9. The van der Waals surface area contributed by atoms with Crippen LogP contribution in [0.4, 0.5) is 5.69 Å². The van der Waals surface area contributed by atoms with Crippen molar-refractivity contribution in [1.29, 1.82) is 0 Å². The molecule has 0 aliphatic rings. The molecule has 174 valence electrons. The maximum Gasteiger partial charge on any atom is 0.0195 e. The maximum absolute atomic E-state index is 5.40. The molecule has 0 saturated heterocycles. The summed E-state index contributed by atoms with van der Waals surface area (Å²) in [7, 11) is 0. The van der Waals surface area contributed by atoms with Gasteiger partial charge in [0.1, 0.15) is 0 Å². The van der Waals surface area contributed by atoms with Crippen LogP contribution in [0.15, 0.2) is 91.0 Å². The van der Waals surface area contributed by atoms with Crippen LogP contribution < -0.4 is 0 Å². The molecule has 0 spiro atoms. The summed E-state index contributed by atoms with van der Waals surface area (Å²) in [5.41, 5.74) is 7.83. The number of hydrogen-bond acceptors (Lipinski definition) is 1. The van der Waals surface area contributed by atoms with E-state index in [0.717, 1.165) is 53.9 Å². The standard InChI is InChI=1S/C30H30N2.CH3.Hf/c1-3-13-24-19-11-20-25(14-4-2)29(24)32-30(26-17-9-6-10-18-26)28-22-12-21-27(31-28)23-15-7-5-8-16-23;;/h5-12,15,17-22,30H,3-4,13-14H2,1-2H3;1H3;/q-2;-1;. The molecule has 0 N–H and O–H groups in total. The van der Waals surface area contributed by atoms with E-state index in [1.54, 1.807) is 0 Å². The van der Waals surface area contributed by atoms with Gasteiger partial charge < -0.3 is 17.7 Å². The van der Waals surface area contributed by atoms with Crippen molar-refractivity contribution in [2.45, 2.75) is 45.6 Å². The van der Waals surface area contributed by atoms with E-state index in [9.17, 15) is 0 Å². The van der Waals surface area contributed by atoms with Crippen LogP contribution in [0.3, 0.4) is 0 Å². The van der Waals surface area contributed by atoms with Crippen LogP contribution in [-0.4, -0.2) is 4.98 Å². The summed E-state index contributed by atoms with van der Waals surface area (Å²) in [5, 5.41) is 5.40. The number of nitrogens with zero attached hydrogens (tertiary/aromatic N) is 2. The molecule has 4 aromatic rings. The molecule has 4 rings (SSSR count). The Balaban J connectivity index is 0.00000204. The van der Waals surface area contributed by atoms with Crippen LogP contribution in [0.25, 0.3) is 16.6 Å². The molecule has 1 heterocycles. The molecule has 0 fully saturated rings. The molecule has 0 aliphatic heterocycles. The molecule has 3 heteroatoms. The summed E-state index contributed by atoms with van der Waals surface area (Å²) >= 11 is 0. The van der Waals surface area contributed by atoms with Crippen molar-refractivity contribution in [2.24, 2.45) is 0 Å². The Hall–Kier alpha value is -2.52. The molecule has 0 radical (unpaired) electrons. The van der Waals surface area contributed by atoms with Gasteiger partial charge in [0.2, 0.25) is 0 Å². The molecule has 1 atom stereocenters. The fourth-order valence-corrected chi connectivity index (χ4v) is 4.13. The fourth-order valence-electron chi connectivity index (χ4n) is 4.13. The normalized spacial score (nSPS) is 11.1.